The van der Waals surface area contributed by atoms with Crippen LogP contribution in [0.2, 0.25) is 0 Å². The van der Waals surface area contributed by atoms with Crippen LogP contribution in [0.5, 0.6) is 0 Å². The SMILES string of the molecule is CNc1ccc(-c2cc3nccnc3c(NC[C@@]3(C)CN(C(=O)C(F)F)CCO3)n2)cc1. The van der Waals surface area contributed by atoms with Crippen molar-refractivity contribution >= 4 is 28.4 Å². The fourth-order valence-corrected chi connectivity index (χ4v) is 3.69. The summed E-state index contributed by atoms with van der Waals surface area (Å²) in [6.07, 6.45) is 0.162. The molecule has 1 fully saturated rings. The Morgan fingerprint density at radius 3 is 2.72 bits per heavy atom. The first-order valence-corrected chi connectivity index (χ1v) is 10.2. The Bertz CT molecular complexity index is 1110. The molecule has 32 heavy (non-hydrogen) atoms. The Kier molecular flexibility index (Phi) is 6.13. The number of nitrogens with zero attached hydrogens (tertiary/aromatic N) is 4. The maximum Gasteiger partial charge on any atom is 0.315 e. The summed E-state index contributed by atoms with van der Waals surface area (Å²) in [4.78, 5) is 26.4. The minimum absolute atomic E-state index is 0.0535. The summed E-state index contributed by atoms with van der Waals surface area (Å²) in [6.45, 7) is 2.41. The molecule has 3 aromatic rings. The molecule has 0 unspecified atom stereocenters. The minimum Gasteiger partial charge on any atom is -0.388 e. The lowest BCUT2D eigenvalue weighted by molar-refractivity contribution is -0.157. The number of carbonyl (C=O) groups is 1. The summed E-state index contributed by atoms with van der Waals surface area (Å²) >= 11 is 0. The van der Waals surface area contributed by atoms with E-state index in [0.717, 1.165) is 16.2 Å². The van der Waals surface area contributed by atoms with Crippen LogP contribution in [0.25, 0.3) is 22.3 Å². The molecule has 10 heteroatoms. The predicted molar refractivity (Wildman–Crippen MR) is 118 cm³/mol. The maximum atomic E-state index is 12.9. The molecule has 1 amide bonds. The van der Waals surface area contributed by atoms with Gasteiger partial charge in [0.25, 0.3) is 5.91 Å². The van der Waals surface area contributed by atoms with Gasteiger partial charge in [0.05, 0.1) is 24.4 Å². The second-order valence-corrected chi connectivity index (χ2v) is 7.82. The summed E-state index contributed by atoms with van der Waals surface area (Å²) in [7, 11) is 1.85. The molecule has 8 nitrogen and oxygen atoms in total. The van der Waals surface area contributed by atoms with Crippen molar-refractivity contribution in [3.05, 3.63) is 42.7 Å². The number of alkyl halides is 2. The van der Waals surface area contributed by atoms with Gasteiger partial charge < -0.3 is 20.3 Å². The molecule has 0 aliphatic carbocycles. The summed E-state index contributed by atoms with van der Waals surface area (Å²) in [5.74, 6) is -0.675. The van der Waals surface area contributed by atoms with Gasteiger partial charge >= 0.3 is 6.43 Å². The topological polar surface area (TPSA) is 92.3 Å². The lowest BCUT2D eigenvalue weighted by atomic mass is 10.0. The van der Waals surface area contributed by atoms with Crippen LogP contribution in [0.4, 0.5) is 20.3 Å². The van der Waals surface area contributed by atoms with Gasteiger partial charge in [0.1, 0.15) is 11.1 Å². The number of carbonyl (C=O) groups excluding carboxylic acids is 1. The van der Waals surface area contributed by atoms with Gasteiger partial charge in [0.2, 0.25) is 0 Å². The first-order chi connectivity index (χ1) is 15.4. The highest BCUT2D eigenvalue weighted by molar-refractivity contribution is 5.88. The summed E-state index contributed by atoms with van der Waals surface area (Å²) in [5.41, 5.74) is 3.01. The third-order valence-electron chi connectivity index (χ3n) is 5.39. The number of rotatable bonds is 6. The van der Waals surface area contributed by atoms with Crippen LogP contribution in [0, 0.1) is 0 Å². The van der Waals surface area contributed by atoms with E-state index in [0.29, 0.717) is 22.5 Å². The van der Waals surface area contributed by atoms with E-state index < -0.39 is 17.9 Å². The van der Waals surface area contributed by atoms with E-state index in [1.54, 1.807) is 19.3 Å². The average Bonchev–Trinajstić information content (AvgIpc) is 2.82. The van der Waals surface area contributed by atoms with E-state index in [2.05, 4.69) is 20.6 Å². The van der Waals surface area contributed by atoms with Crippen molar-refractivity contribution in [3.8, 4) is 11.3 Å². The van der Waals surface area contributed by atoms with Crippen LogP contribution in [0.15, 0.2) is 42.7 Å². The highest BCUT2D eigenvalue weighted by atomic mass is 19.3. The summed E-state index contributed by atoms with van der Waals surface area (Å²) in [6, 6.07) is 9.69. The molecule has 0 spiro atoms. The van der Waals surface area contributed by atoms with Gasteiger partial charge in [-0.2, -0.15) is 8.78 Å². The third-order valence-corrected chi connectivity index (χ3v) is 5.39. The Morgan fingerprint density at radius 1 is 1.25 bits per heavy atom. The number of morpholine rings is 1. The fourth-order valence-electron chi connectivity index (χ4n) is 3.69. The number of pyridine rings is 1. The van der Waals surface area contributed by atoms with Crippen molar-refractivity contribution in [2.75, 3.05) is 43.9 Å². The van der Waals surface area contributed by atoms with Crippen molar-refractivity contribution in [2.45, 2.75) is 19.0 Å². The van der Waals surface area contributed by atoms with Crippen LogP contribution in [-0.2, 0) is 9.53 Å². The second-order valence-electron chi connectivity index (χ2n) is 7.82. The molecular formula is C22H24F2N6O2. The number of ether oxygens (including phenoxy) is 1. The zero-order valence-corrected chi connectivity index (χ0v) is 17.8. The number of halogens is 2. The molecule has 1 atom stereocenters. The molecule has 168 valence electrons. The quantitative estimate of drug-likeness (QED) is 0.606. The van der Waals surface area contributed by atoms with E-state index in [1.165, 1.54) is 0 Å². The largest absolute Gasteiger partial charge is 0.388 e. The van der Waals surface area contributed by atoms with Gasteiger partial charge in [-0.3, -0.25) is 9.78 Å². The monoisotopic (exact) mass is 442 g/mol. The van der Waals surface area contributed by atoms with Gasteiger partial charge in [-0.25, -0.2) is 9.97 Å². The highest BCUT2D eigenvalue weighted by Crippen LogP contribution is 2.27. The maximum absolute atomic E-state index is 12.9. The van der Waals surface area contributed by atoms with Crippen LogP contribution < -0.4 is 10.6 Å². The van der Waals surface area contributed by atoms with Crippen molar-refractivity contribution < 1.29 is 18.3 Å². The van der Waals surface area contributed by atoms with Crippen LogP contribution in [0.3, 0.4) is 0 Å². The van der Waals surface area contributed by atoms with E-state index in [-0.39, 0.29) is 26.2 Å². The van der Waals surface area contributed by atoms with Crippen LogP contribution in [0.1, 0.15) is 6.92 Å². The Hall–Kier alpha value is -3.40. The first-order valence-electron chi connectivity index (χ1n) is 10.2. The molecule has 1 aliphatic heterocycles. The molecule has 0 saturated carbocycles. The average molecular weight is 442 g/mol. The van der Waals surface area contributed by atoms with Crippen LogP contribution in [-0.4, -0.2) is 71.1 Å². The summed E-state index contributed by atoms with van der Waals surface area (Å²) in [5, 5.41) is 6.32. The molecule has 1 aliphatic rings. The van der Waals surface area contributed by atoms with Crippen molar-refractivity contribution in [1.29, 1.82) is 0 Å². The first kappa shape index (κ1) is 21.8. The van der Waals surface area contributed by atoms with Crippen LogP contribution >= 0.6 is 0 Å². The molecule has 3 heterocycles. The van der Waals surface area contributed by atoms with Crippen molar-refractivity contribution in [1.82, 2.24) is 19.9 Å². The molecule has 2 N–H and O–H groups in total. The predicted octanol–water partition coefficient (Wildman–Crippen LogP) is 3.03. The minimum atomic E-state index is -3.03. The number of fused-ring (bicyclic) bond motifs is 1. The zero-order chi connectivity index (χ0) is 22.7. The number of benzene rings is 1. The molecule has 4 rings (SSSR count). The number of nitrogens with one attached hydrogen (secondary N) is 2. The molecule has 2 aromatic heterocycles. The molecule has 0 bridgehead atoms. The Balaban J connectivity index is 1.60. The van der Waals surface area contributed by atoms with E-state index in [4.69, 9.17) is 9.72 Å². The normalized spacial score (nSPS) is 18.7. The number of anilines is 2. The highest BCUT2D eigenvalue weighted by Gasteiger charge is 2.36. The third kappa shape index (κ3) is 4.59. The smallest absolute Gasteiger partial charge is 0.315 e. The lowest BCUT2D eigenvalue weighted by Gasteiger charge is -2.40. The van der Waals surface area contributed by atoms with Gasteiger partial charge in [-0.05, 0) is 25.1 Å². The van der Waals surface area contributed by atoms with Crippen molar-refractivity contribution in [2.24, 2.45) is 0 Å². The second kappa shape index (κ2) is 8.99. The number of hydrogen-bond acceptors (Lipinski definition) is 7. The van der Waals surface area contributed by atoms with E-state index >= 15 is 0 Å². The van der Waals surface area contributed by atoms with Gasteiger partial charge in [-0.1, -0.05) is 12.1 Å². The molecule has 1 saturated heterocycles. The lowest BCUT2D eigenvalue weighted by Crippen LogP contribution is -2.56. The molecular weight excluding hydrogens is 418 g/mol. The van der Waals surface area contributed by atoms with Gasteiger partial charge in [0.15, 0.2) is 5.82 Å². The fraction of sp³-hybridized carbons (Fsp3) is 0.364. The number of hydrogen-bond donors (Lipinski definition) is 2. The summed E-state index contributed by atoms with van der Waals surface area (Å²) < 4.78 is 31.6. The van der Waals surface area contributed by atoms with Crippen molar-refractivity contribution in [3.63, 3.8) is 0 Å². The molecule has 1 aromatic carbocycles. The zero-order valence-electron chi connectivity index (χ0n) is 17.8. The molecule has 0 radical (unpaired) electrons. The standard InChI is InChI=1S/C22H24F2N6O2/c1-22(13-30(9-10-32-22)21(31)19(23)24)12-28-20-18-17(26-7-8-27-18)11-16(29-20)14-3-5-15(25-2)6-4-14/h3-8,11,19,25H,9-10,12-13H2,1-2H3,(H,28,29)/t22-/m0/s1. The van der Waals surface area contributed by atoms with E-state index in [9.17, 15) is 13.6 Å². The van der Waals surface area contributed by atoms with E-state index in [1.807, 2.05) is 37.4 Å². The Labute approximate surface area is 184 Å². The number of aromatic nitrogens is 3. The Morgan fingerprint density at radius 2 is 2.00 bits per heavy atom. The number of amides is 1. The van der Waals surface area contributed by atoms with Gasteiger partial charge in [-0.15, -0.1) is 0 Å². The van der Waals surface area contributed by atoms with Gasteiger partial charge in [0, 0.05) is 43.8 Å².